The molecule has 0 amide bonds. The zero-order chi connectivity index (χ0) is 13.8. The number of hydrogen-bond donors (Lipinski definition) is 0. The van der Waals surface area contributed by atoms with E-state index < -0.39 is 0 Å². The lowest BCUT2D eigenvalue weighted by atomic mass is 9.71. The first kappa shape index (κ1) is 15.6. The van der Waals surface area contributed by atoms with Crippen LogP contribution in [0.3, 0.4) is 0 Å². The van der Waals surface area contributed by atoms with E-state index in [9.17, 15) is 4.79 Å². The normalized spacial score (nSPS) is 25.4. The highest BCUT2D eigenvalue weighted by Crippen LogP contribution is 2.35. The Morgan fingerprint density at radius 1 is 1.50 bits per heavy atom. The standard InChI is InChI=1S/C15H29NO2/c1-6-16(12(2)11-18-5)10-13-8-7-9-15(3,4)14(13)17/h12-13H,6-11H2,1-5H3. The Balaban J connectivity index is 2.61. The van der Waals surface area contributed by atoms with Gasteiger partial charge in [0.1, 0.15) is 5.78 Å². The van der Waals surface area contributed by atoms with Gasteiger partial charge in [0, 0.05) is 31.0 Å². The number of likely N-dealkylation sites (N-methyl/N-ethyl adjacent to an activating group) is 1. The molecule has 0 bridgehead atoms. The van der Waals surface area contributed by atoms with Gasteiger partial charge in [-0.15, -0.1) is 0 Å². The van der Waals surface area contributed by atoms with E-state index in [2.05, 4.69) is 32.6 Å². The molecule has 0 radical (unpaired) electrons. The second-order valence-corrected chi connectivity index (χ2v) is 6.23. The fourth-order valence-corrected chi connectivity index (χ4v) is 3.02. The molecular formula is C15H29NO2. The predicted molar refractivity (Wildman–Crippen MR) is 74.7 cm³/mol. The Labute approximate surface area is 112 Å². The zero-order valence-corrected chi connectivity index (χ0v) is 12.7. The molecule has 106 valence electrons. The van der Waals surface area contributed by atoms with Crippen molar-refractivity contribution in [1.82, 2.24) is 4.90 Å². The summed E-state index contributed by atoms with van der Waals surface area (Å²) in [5.74, 6) is 0.671. The highest BCUT2D eigenvalue weighted by Gasteiger charge is 2.37. The molecule has 1 fully saturated rings. The van der Waals surface area contributed by atoms with E-state index in [4.69, 9.17) is 4.74 Å². The third-order valence-corrected chi connectivity index (χ3v) is 4.28. The van der Waals surface area contributed by atoms with E-state index in [1.54, 1.807) is 7.11 Å². The maximum atomic E-state index is 12.4. The fraction of sp³-hybridized carbons (Fsp3) is 0.933. The predicted octanol–water partition coefficient (Wildman–Crippen LogP) is 2.74. The number of ether oxygens (including phenoxy) is 1. The van der Waals surface area contributed by atoms with Crippen LogP contribution >= 0.6 is 0 Å². The Bertz CT molecular complexity index is 276. The first-order valence-electron chi connectivity index (χ1n) is 7.19. The summed E-state index contributed by atoms with van der Waals surface area (Å²) in [5.41, 5.74) is -0.118. The summed E-state index contributed by atoms with van der Waals surface area (Å²) < 4.78 is 5.22. The van der Waals surface area contributed by atoms with Crippen LogP contribution in [-0.2, 0) is 9.53 Å². The van der Waals surface area contributed by atoms with Crippen LogP contribution in [-0.4, -0.2) is 43.5 Å². The van der Waals surface area contributed by atoms with E-state index >= 15 is 0 Å². The summed E-state index contributed by atoms with van der Waals surface area (Å²) in [4.78, 5) is 14.8. The van der Waals surface area contributed by atoms with Gasteiger partial charge in [0.15, 0.2) is 0 Å². The highest BCUT2D eigenvalue weighted by atomic mass is 16.5. The van der Waals surface area contributed by atoms with E-state index in [1.165, 1.54) is 6.42 Å². The van der Waals surface area contributed by atoms with Crippen LogP contribution in [0.5, 0.6) is 0 Å². The van der Waals surface area contributed by atoms with Crippen molar-refractivity contribution in [3.05, 3.63) is 0 Å². The van der Waals surface area contributed by atoms with Crippen molar-refractivity contribution in [3.8, 4) is 0 Å². The molecule has 0 heterocycles. The largest absolute Gasteiger partial charge is 0.383 e. The summed E-state index contributed by atoms with van der Waals surface area (Å²) in [6, 6.07) is 0.387. The molecule has 0 aromatic rings. The average Bonchev–Trinajstić information content (AvgIpc) is 2.31. The van der Waals surface area contributed by atoms with Crippen molar-refractivity contribution < 1.29 is 9.53 Å². The number of rotatable bonds is 6. The third-order valence-electron chi connectivity index (χ3n) is 4.28. The topological polar surface area (TPSA) is 29.5 Å². The Morgan fingerprint density at radius 2 is 2.17 bits per heavy atom. The molecule has 0 aliphatic heterocycles. The van der Waals surface area contributed by atoms with Crippen molar-refractivity contribution in [2.75, 3.05) is 26.8 Å². The van der Waals surface area contributed by atoms with Gasteiger partial charge in [-0.2, -0.15) is 0 Å². The number of carbonyl (C=O) groups excluding carboxylic acids is 1. The molecule has 0 N–H and O–H groups in total. The van der Waals surface area contributed by atoms with E-state index in [0.29, 0.717) is 11.8 Å². The summed E-state index contributed by atoms with van der Waals surface area (Å²) in [6.07, 6.45) is 3.28. The van der Waals surface area contributed by atoms with Crippen molar-refractivity contribution >= 4 is 5.78 Å². The number of methoxy groups -OCH3 is 1. The van der Waals surface area contributed by atoms with Gasteiger partial charge < -0.3 is 4.74 Å². The van der Waals surface area contributed by atoms with Crippen LogP contribution in [0.25, 0.3) is 0 Å². The number of nitrogens with zero attached hydrogens (tertiary/aromatic N) is 1. The summed E-state index contributed by atoms with van der Waals surface area (Å²) in [6.45, 7) is 11.1. The first-order valence-corrected chi connectivity index (χ1v) is 7.19. The van der Waals surface area contributed by atoms with Crippen LogP contribution in [0.15, 0.2) is 0 Å². The second-order valence-electron chi connectivity index (χ2n) is 6.23. The summed E-state index contributed by atoms with van der Waals surface area (Å²) in [5, 5.41) is 0. The first-order chi connectivity index (χ1) is 8.42. The molecule has 1 saturated carbocycles. The second kappa shape index (κ2) is 6.67. The molecule has 18 heavy (non-hydrogen) atoms. The van der Waals surface area contributed by atoms with E-state index in [-0.39, 0.29) is 11.3 Å². The van der Waals surface area contributed by atoms with Crippen LogP contribution in [0, 0.1) is 11.3 Å². The minimum Gasteiger partial charge on any atom is -0.383 e. The number of hydrogen-bond acceptors (Lipinski definition) is 3. The minimum absolute atomic E-state index is 0.118. The van der Waals surface area contributed by atoms with E-state index in [0.717, 1.165) is 32.5 Å². The van der Waals surface area contributed by atoms with E-state index in [1.807, 2.05) is 0 Å². The van der Waals surface area contributed by atoms with Crippen molar-refractivity contribution in [2.24, 2.45) is 11.3 Å². The van der Waals surface area contributed by atoms with Gasteiger partial charge >= 0.3 is 0 Å². The molecule has 3 heteroatoms. The molecule has 2 unspecified atom stereocenters. The van der Waals surface area contributed by atoms with Gasteiger partial charge in [-0.25, -0.2) is 0 Å². The zero-order valence-electron chi connectivity index (χ0n) is 12.7. The molecule has 1 rings (SSSR count). The lowest BCUT2D eigenvalue weighted by Crippen LogP contribution is -2.45. The molecule has 0 spiro atoms. The Hall–Kier alpha value is -0.410. The van der Waals surface area contributed by atoms with Gasteiger partial charge in [-0.1, -0.05) is 27.2 Å². The SMILES string of the molecule is CCN(CC1CCCC(C)(C)C1=O)C(C)COC. The Morgan fingerprint density at radius 3 is 2.72 bits per heavy atom. The fourth-order valence-electron chi connectivity index (χ4n) is 3.02. The van der Waals surface area contributed by atoms with Crippen LogP contribution in [0.2, 0.25) is 0 Å². The van der Waals surface area contributed by atoms with Gasteiger partial charge in [0.2, 0.25) is 0 Å². The van der Waals surface area contributed by atoms with Crippen molar-refractivity contribution in [2.45, 2.75) is 53.0 Å². The number of carbonyl (C=O) groups is 1. The molecule has 1 aliphatic carbocycles. The number of Topliss-reactive ketones (excluding diaryl/α,β-unsaturated/α-hetero) is 1. The minimum atomic E-state index is -0.118. The molecule has 0 saturated heterocycles. The molecule has 2 atom stereocenters. The molecule has 1 aliphatic rings. The highest BCUT2D eigenvalue weighted by molar-refractivity contribution is 5.87. The van der Waals surface area contributed by atoms with Crippen molar-refractivity contribution in [3.63, 3.8) is 0 Å². The van der Waals surface area contributed by atoms with Crippen LogP contribution in [0.1, 0.15) is 47.0 Å². The quantitative estimate of drug-likeness (QED) is 0.731. The van der Waals surface area contributed by atoms with Crippen LogP contribution in [0.4, 0.5) is 0 Å². The third kappa shape index (κ3) is 3.79. The van der Waals surface area contributed by atoms with Gasteiger partial charge in [0.25, 0.3) is 0 Å². The summed E-state index contributed by atoms with van der Waals surface area (Å²) in [7, 11) is 1.74. The molecule has 3 nitrogen and oxygen atoms in total. The van der Waals surface area contributed by atoms with Gasteiger partial charge in [0.05, 0.1) is 6.61 Å². The Kier molecular flexibility index (Phi) is 5.80. The number of ketones is 1. The maximum Gasteiger partial charge on any atom is 0.142 e. The average molecular weight is 255 g/mol. The smallest absolute Gasteiger partial charge is 0.142 e. The molecular weight excluding hydrogens is 226 g/mol. The van der Waals surface area contributed by atoms with Gasteiger partial charge in [-0.05, 0) is 26.3 Å². The van der Waals surface area contributed by atoms with Crippen LogP contribution < -0.4 is 0 Å². The summed E-state index contributed by atoms with van der Waals surface area (Å²) >= 11 is 0. The lowest BCUT2D eigenvalue weighted by Gasteiger charge is -2.37. The molecule has 0 aromatic heterocycles. The monoisotopic (exact) mass is 255 g/mol. The van der Waals surface area contributed by atoms with Crippen molar-refractivity contribution in [1.29, 1.82) is 0 Å². The molecule has 0 aromatic carbocycles. The lowest BCUT2D eigenvalue weighted by molar-refractivity contribution is -0.135. The maximum absolute atomic E-state index is 12.4. The van der Waals surface area contributed by atoms with Gasteiger partial charge in [-0.3, -0.25) is 9.69 Å².